The monoisotopic (exact) mass is 470 g/mol. The molecule has 3 aliphatic heterocycles. The topological polar surface area (TPSA) is 96.2 Å². The van der Waals surface area contributed by atoms with E-state index in [4.69, 9.17) is 10.5 Å². The van der Waals surface area contributed by atoms with Crippen LogP contribution < -0.4 is 10.6 Å². The van der Waals surface area contributed by atoms with Gasteiger partial charge in [-0.25, -0.2) is 0 Å². The van der Waals surface area contributed by atoms with E-state index in [1.165, 1.54) is 0 Å². The van der Waals surface area contributed by atoms with Gasteiger partial charge in [-0.2, -0.15) is 0 Å². The van der Waals surface area contributed by atoms with Crippen LogP contribution in [0.25, 0.3) is 0 Å². The SMILES string of the molecule is C[C@@H]1CN(C(=O)[C@@H](CC(C)(C)C)c2cc(N3CCN(C)CC3)ccc2C(N)=O)[C@@H]2C(=O)CO[C@H]12. The maximum absolute atomic E-state index is 14.1. The molecule has 0 bridgehead atoms. The third-order valence-electron chi connectivity index (χ3n) is 7.38. The standard InChI is InChI=1S/C26H38N4O4/c1-16-14-30(22-21(31)15-34-23(16)22)25(33)20(13-26(2,3)4)19-12-17(6-7-18(19)24(27)32)29-10-8-28(5)9-11-29/h6-7,12,16,20,22-23H,8-11,13-15H2,1-5H3,(H2,27,32)/t16-,20+,22-,23-/m1/s1. The van der Waals surface area contributed by atoms with E-state index in [0.717, 1.165) is 31.9 Å². The molecule has 8 heteroatoms. The van der Waals surface area contributed by atoms with Crippen LogP contribution in [0.15, 0.2) is 18.2 Å². The van der Waals surface area contributed by atoms with Gasteiger partial charge in [0.15, 0.2) is 5.78 Å². The van der Waals surface area contributed by atoms with Gasteiger partial charge in [-0.05, 0) is 42.6 Å². The van der Waals surface area contributed by atoms with Gasteiger partial charge in [-0.3, -0.25) is 14.4 Å². The zero-order chi connectivity index (χ0) is 24.8. The van der Waals surface area contributed by atoms with Gasteiger partial charge in [0.2, 0.25) is 11.8 Å². The maximum atomic E-state index is 14.1. The average Bonchev–Trinajstić information content (AvgIpc) is 3.31. The predicted molar refractivity (Wildman–Crippen MR) is 131 cm³/mol. The molecule has 3 saturated heterocycles. The molecule has 2 amide bonds. The minimum Gasteiger partial charge on any atom is -0.369 e. The van der Waals surface area contributed by atoms with Crippen molar-refractivity contribution in [2.45, 2.75) is 52.2 Å². The van der Waals surface area contributed by atoms with Crippen molar-refractivity contribution in [2.24, 2.45) is 17.1 Å². The lowest BCUT2D eigenvalue weighted by Crippen LogP contribution is -2.45. The predicted octanol–water partition coefficient (Wildman–Crippen LogP) is 1.87. The summed E-state index contributed by atoms with van der Waals surface area (Å²) in [6, 6.07) is 5.12. The van der Waals surface area contributed by atoms with Crippen LogP contribution in [-0.4, -0.2) is 85.9 Å². The van der Waals surface area contributed by atoms with E-state index < -0.39 is 17.9 Å². The number of nitrogens with zero attached hydrogens (tertiary/aromatic N) is 3. The molecule has 0 aliphatic carbocycles. The number of hydrogen-bond acceptors (Lipinski definition) is 6. The van der Waals surface area contributed by atoms with Crippen LogP contribution in [-0.2, 0) is 14.3 Å². The lowest BCUT2D eigenvalue weighted by atomic mass is 9.79. The minimum atomic E-state index is -0.575. The number of carbonyl (C=O) groups is 3. The number of anilines is 1. The van der Waals surface area contributed by atoms with Crippen LogP contribution in [0.2, 0.25) is 0 Å². The summed E-state index contributed by atoms with van der Waals surface area (Å²) < 4.78 is 5.71. The number of rotatable bonds is 5. The van der Waals surface area contributed by atoms with Crippen molar-refractivity contribution in [1.29, 1.82) is 0 Å². The summed E-state index contributed by atoms with van der Waals surface area (Å²) in [7, 11) is 2.11. The molecule has 4 atom stereocenters. The van der Waals surface area contributed by atoms with Gasteiger partial charge in [-0.15, -0.1) is 0 Å². The van der Waals surface area contributed by atoms with E-state index in [0.29, 0.717) is 24.1 Å². The molecule has 0 aromatic heterocycles. The second-order valence-electron chi connectivity index (χ2n) is 11.4. The normalized spacial score (nSPS) is 26.6. The van der Waals surface area contributed by atoms with E-state index in [1.807, 2.05) is 19.1 Å². The number of fused-ring (bicyclic) bond motifs is 1. The first-order chi connectivity index (χ1) is 16.0. The summed E-state index contributed by atoms with van der Waals surface area (Å²) in [5, 5.41) is 0. The minimum absolute atomic E-state index is 0.0430. The van der Waals surface area contributed by atoms with Crippen LogP contribution in [0, 0.1) is 11.3 Å². The van der Waals surface area contributed by atoms with Crippen LogP contribution in [0.5, 0.6) is 0 Å². The van der Waals surface area contributed by atoms with Gasteiger partial charge in [0.25, 0.3) is 0 Å². The number of ether oxygens (including phenoxy) is 1. The Hall–Kier alpha value is -2.45. The van der Waals surface area contributed by atoms with Gasteiger partial charge in [0.1, 0.15) is 12.6 Å². The molecule has 0 spiro atoms. The number of hydrogen-bond donors (Lipinski definition) is 1. The lowest BCUT2D eigenvalue weighted by molar-refractivity contribution is -0.138. The molecule has 34 heavy (non-hydrogen) atoms. The molecule has 1 aromatic carbocycles. The number of carbonyl (C=O) groups excluding carboxylic acids is 3. The van der Waals surface area contributed by atoms with Crippen LogP contribution >= 0.6 is 0 Å². The van der Waals surface area contributed by atoms with Crippen molar-refractivity contribution in [2.75, 3.05) is 51.3 Å². The number of likely N-dealkylation sites (tertiary alicyclic amines) is 1. The first-order valence-electron chi connectivity index (χ1n) is 12.3. The quantitative estimate of drug-likeness (QED) is 0.706. The van der Waals surface area contributed by atoms with Gasteiger partial charge < -0.3 is 25.2 Å². The summed E-state index contributed by atoms with van der Waals surface area (Å²) in [5.74, 6) is -1.19. The summed E-state index contributed by atoms with van der Waals surface area (Å²) in [5.41, 5.74) is 7.63. The van der Waals surface area contributed by atoms with Crippen molar-refractivity contribution in [3.05, 3.63) is 29.3 Å². The molecule has 3 heterocycles. The highest BCUT2D eigenvalue weighted by Crippen LogP contribution is 2.40. The Morgan fingerprint density at radius 1 is 1.18 bits per heavy atom. The number of Topliss-reactive ketones (excluding diaryl/α,β-unsaturated/α-hetero) is 1. The Morgan fingerprint density at radius 3 is 2.47 bits per heavy atom. The molecule has 0 unspecified atom stereocenters. The third kappa shape index (κ3) is 4.84. The second kappa shape index (κ2) is 9.30. The molecule has 0 radical (unpaired) electrons. The average molecular weight is 471 g/mol. The molecular formula is C26H38N4O4. The molecule has 2 N–H and O–H groups in total. The number of benzene rings is 1. The Morgan fingerprint density at radius 2 is 1.85 bits per heavy atom. The van der Waals surface area contributed by atoms with Crippen molar-refractivity contribution in [3.63, 3.8) is 0 Å². The number of amides is 2. The van der Waals surface area contributed by atoms with E-state index in [9.17, 15) is 14.4 Å². The zero-order valence-corrected chi connectivity index (χ0v) is 21.0. The highest BCUT2D eigenvalue weighted by Gasteiger charge is 2.52. The molecule has 186 valence electrons. The van der Waals surface area contributed by atoms with E-state index >= 15 is 0 Å². The number of likely N-dealkylation sites (N-methyl/N-ethyl adjacent to an activating group) is 1. The maximum Gasteiger partial charge on any atom is 0.249 e. The summed E-state index contributed by atoms with van der Waals surface area (Å²) in [6.07, 6.45) is 0.286. The smallest absolute Gasteiger partial charge is 0.249 e. The van der Waals surface area contributed by atoms with Crippen molar-refractivity contribution >= 4 is 23.3 Å². The molecule has 8 nitrogen and oxygen atoms in total. The summed E-state index contributed by atoms with van der Waals surface area (Å²) >= 11 is 0. The number of ketones is 1. The van der Waals surface area contributed by atoms with Gasteiger partial charge >= 0.3 is 0 Å². The number of nitrogens with two attached hydrogens (primary N) is 1. The number of primary amides is 1. The van der Waals surface area contributed by atoms with E-state index in [2.05, 4.69) is 37.6 Å². The molecule has 3 fully saturated rings. The molecule has 0 saturated carbocycles. The molecule has 3 aliphatic rings. The number of piperazine rings is 1. The van der Waals surface area contributed by atoms with Crippen LogP contribution in [0.3, 0.4) is 0 Å². The molecule has 4 rings (SSSR count). The van der Waals surface area contributed by atoms with Crippen LogP contribution in [0.1, 0.15) is 56.0 Å². The summed E-state index contributed by atoms with van der Waals surface area (Å²) in [6.45, 7) is 12.5. The van der Waals surface area contributed by atoms with Crippen molar-refractivity contribution < 1.29 is 19.1 Å². The highest BCUT2D eigenvalue weighted by atomic mass is 16.5. The Kier molecular flexibility index (Phi) is 6.75. The Labute approximate surface area is 202 Å². The van der Waals surface area contributed by atoms with Crippen molar-refractivity contribution in [1.82, 2.24) is 9.80 Å². The van der Waals surface area contributed by atoms with E-state index in [1.54, 1.807) is 11.0 Å². The summed E-state index contributed by atoms with van der Waals surface area (Å²) in [4.78, 5) is 45.5. The molecule has 1 aromatic rings. The van der Waals surface area contributed by atoms with Gasteiger partial charge in [0, 0.05) is 49.9 Å². The van der Waals surface area contributed by atoms with E-state index in [-0.39, 0.29) is 35.7 Å². The Bertz CT molecular complexity index is 964. The highest BCUT2D eigenvalue weighted by molar-refractivity contribution is 5.99. The van der Waals surface area contributed by atoms with Gasteiger partial charge in [-0.1, -0.05) is 27.7 Å². The van der Waals surface area contributed by atoms with Crippen LogP contribution in [0.4, 0.5) is 5.69 Å². The first kappa shape index (κ1) is 24.7. The zero-order valence-electron chi connectivity index (χ0n) is 21.0. The second-order valence-corrected chi connectivity index (χ2v) is 11.4. The fourth-order valence-electron chi connectivity index (χ4n) is 5.59. The molecular weight excluding hydrogens is 432 g/mol. The fourth-order valence-corrected chi connectivity index (χ4v) is 5.59. The first-order valence-corrected chi connectivity index (χ1v) is 12.3. The van der Waals surface area contributed by atoms with Gasteiger partial charge in [0.05, 0.1) is 12.0 Å². The third-order valence-corrected chi connectivity index (χ3v) is 7.38. The Balaban J connectivity index is 1.74. The lowest BCUT2D eigenvalue weighted by Gasteiger charge is -2.35. The fraction of sp³-hybridized carbons (Fsp3) is 0.654. The van der Waals surface area contributed by atoms with Crippen molar-refractivity contribution in [3.8, 4) is 0 Å². The largest absolute Gasteiger partial charge is 0.369 e.